The van der Waals surface area contributed by atoms with Gasteiger partial charge in [-0.2, -0.15) is 0 Å². The number of hydrogen-bond acceptors (Lipinski definition) is 4. The summed E-state index contributed by atoms with van der Waals surface area (Å²) >= 11 is 1.47. The van der Waals surface area contributed by atoms with Crippen molar-refractivity contribution in [3.05, 3.63) is 91.3 Å². The van der Waals surface area contributed by atoms with Crippen molar-refractivity contribution in [2.45, 2.75) is 0 Å². The van der Waals surface area contributed by atoms with Crippen molar-refractivity contribution in [1.29, 1.82) is 0 Å². The van der Waals surface area contributed by atoms with E-state index in [2.05, 4.69) is 15.6 Å². The van der Waals surface area contributed by atoms with Crippen LogP contribution in [0, 0.1) is 13.5 Å². The molecule has 4 nitrogen and oxygen atoms in total. The van der Waals surface area contributed by atoms with Crippen LogP contribution < -0.4 is 14.2 Å². The second-order valence-electron chi connectivity index (χ2n) is 5.53. The molecular formula is C23H23ClIrNO3. The van der Waals surface area contributed by atoms with Gasteiger partial charge in [0.15, 0.2) is 0 Å². The number of methoxy groups -OCH3 is 3. The van der Waals surface area contributed by atoms with E-state index in [4.69, 9.17) is 19.2 Å². The molecule has 0 N–H and O–H groups in total. The molecule has 6 heteroatoms. The molecule has 0 aliphatic heterocycles. The Morgan fingerprint density at radius 2 is 1.24 bits per heavy atom. The molecule has 0 saturated carbocycles. The summed E-state index contributed by atoms with van der Waals surface area (Å²) in [4.78, 5) is 4.83. The van der Waals surface area contributed by atoms with E-state index in [1.165, 1.54) is 17.9 Å². The molecule has 0 aromatic heterocycles. The first-order valence-electron chi connectivity index (χ1n) is 8.29. The molecule has 3 aromatic rings. The number of benzene rings is 3. The van der Waals surface area contributed by atoms with Gasteiger partial charge in [-0.1, -0.05) is 12.1 Å². The van der Waals surface area contributed by atoms with Crippen molar-refractivity contribution in [3.63, 3.8) is 0 Å². The second kappa shape index (κ2) is 13.0. The Balaban J connectivity index is 0.00000136. The van der Waals surface area contributed by atoms with Crippen molar-refractivity contribution in [2.24, 2.45) is 4.99 Å². The normalized spacial score (nSPS) is 10.2. The van der Waals surface area contributed by atoms with Gasteiger partial charge in [0.1, 0.15) is 11.5 Å². The minimum atomic E-state index is 0. The standard InChI is InChI=1S/C22H20NO3.CH3.ClH.Ir/c1-24-19-10-4-16(5-11-19)22(17-6-12-20(25-2)13-7-17)23-18-8-14-21(26-3)15-9-18;;;/h4-6,8-15H,1-3H3;1H3;1H;/q2*-1;;+3/p-1. The summed E-state index contributed by atoms with van der Waals surface area (Å²) in [7, 11) is 9.57. The van der Waals surface area contributed by atoms with Crippen LogP contribution in [0.2, 0.25) is 0 Å². The van der Waals surface area contributed by atoms with Gasteiger partial charge in [0.05, 0.1) is 27.0 Å². The Morgan fingerprint density at radius 1 is 0.759 bits per heavy atom. The molecule has 0 bridgehead atoms. The number of halogens is 1. The third kappa shape index (κ3) is 6.90. The number of rotatable bonds is 6. The van der Waals surface area contributed by atoms with Gasteiger partial charge in [0.2, 0.25) is 0 Å². The van der Waals surface area contributed by atoms with E-state index >= 15 is 0 Å². The third-order valence-electron chi connectivity index (χ3n) is 3.95. The van der Waals surface area contributed by atoms with Gasteiger partial charge in [-0.15, -0.1) is 29.8 Å². The summed E-state index contributed by atoms with van der Waals surface area (Å²) in [5, 5.41) is 0. The van der Waals surface area contributed by atoms with E-state index in [9.17, 15) is 0 Å². The van der Waals surface area contributed by atoms with Crippen molar-refractivity contribution in [3.8, 4) is 17.2 Å². The van der Waals surface area contributed by atoms with Crippen molar-refractivity contribution < 1.29 is 32.1 Å². The molecule has 154 valence electrons. The first-order valence-corrected chi connectivity index (χ1v) is 11.3. The van der Waals surface area contributed by atoms with Gasteiger partial charge < -0.3 is 21.6 Å². The minimum absolute atomic E-state index is 0. The summed E-state index contributed by atoms with van der Waals surface area (Å²) in [6.07, 6.45) is 0. The van der Waals surface area contributed by atoms with Crippen molar-refractivity contribution in [1.82, 2.24) is 0 Å². The van der Waals surface area contributed by atoms with Crippen LogP contribution in [0.25, 0.3) is 0 Å². The molecule has 0 atom stereocenters. The quantitative estimate of drug-likeness (QED) is 0.269. The fourth-order valence-corrected chi connectivity index (χ4v) is 2.50. The summed E-state index contributed by atoms with van der Waals surface area (Å²) in [6, 6.07) is 24.3. The second-order valence-corrected chi connectivity index (χ2v) is 5.53. The molecule has 0 heterocycles. The molecule has 0 spiro atoms. The molecule has 0 unspecified atom stereocenters. The topological polar surface area (TPSA) is 40.0 Å². The molecule has 0 aliphatic rings. The van der Waals surface area contributed by atoms with Gasteiger partial charge >= 0.3 is 27.5 Å². The fraction of sp³-hybridized carbons (Fsp3) is 0.130. The van der Waals surface area contributed by atoms with Crippen LogP contribution in [0.4, 0.5) is 5.69 Å². The van der Waals surface area contributed by atoms with E-state index in [0.29, 0.717) is 0 Å². The SMILES string of the molecule is COc1c[c-]c(C(=Nc2ccc(OC)cc2)c2ccc(OC)cc2)cc1.[CH3-].[Cl][Ir+2]. The average molecular weight is 589 g/mol. The predicted molar refractivity (Wildman–Crippen MR) is 115 cm³/mol. The Morgan fingerprint density at radius 3 is 1.69 bits per heavy atom. The van der Waals surface area contributed by atoms with E-state index in [-0.39, 0.29) is 7.43 Å². The molecule has 3 rings (SSSR count). The number of ether oxygens (including phenoxy) is 3. The van der Waals surface area contributed by atoms with Gasteiger partial charge in [-0.25, -0.2) is 0 Å². The van der Waals surface area contributed by atoms with Crippen molar-refractivity contribution >= 4 is 21.0 Å². The molecule has 29 heavy (non-hydrogen) atoms. The van der Waals surface area contributed by atoms with E-state index in [1.54, 1.807) is 21.3 Å². The zero-order chi connectivity index (χ0) is 20.4. The fourth-order valence-electron chi connectivity index (χ4n) is 2.50. The molecular weight excluding hydrogens is 566 g/mol. The molecule has 0 aliphatic carbocycles. The molecule has 0 saturated heterocycles. The maximum absolute atomic E-state index is 5.25. The Kier molecular flexibility index (Phi) is 11.1. The summed E-state index contributed by atoms with van der Waals surface area (Å²) in [6.45, 7) is 0. The first-order chi connectivity index (χ1) is 13.7. The van der Waals surface area contributed by atoms with Crippen LogP contribution in [0.15, 0.2) is 71.7 Å². The van der Waals surface area contributed by atoms with Crippen LogP contribution in [0.1, 0.15) is 11.1 Å². The van der Waals surface area contributed by atoms with E-state index < -0.39 is 0 Å². The summed E-state index contributed by atoms with van der Waals surface area (Å²) in [5.41, 5.74) is 3.51. The monoisotopic (exact) mass is 589 g/mol. The number of nitrogens with zero attached hydrogens (tertiary/aromatic N) is 1. The van der Waals surface area contributed by atoms with Crippen molar-refractivity contribution in [2.75, 3.05) is 21.3 Å². The zero-order valence-corrected chi connectivity index (χ0v) is 19.9. The molecule has 0 fully saturated rings. The van der Waals surface area contributed by atoms with Crippen LogP contribution >= 0.6 is 9.58 Å². The van der Waals surface area contributed by atoms with Crippen LogP contribution in [0.3, 0.4) is 0 Å². The molecule has 0 radical (unpaired) electrons. The number of hydrogen-bond donors (Lipinski definition) is 0. The summed E-state index contributed by atoms with van der Waals surface area (Å²) < 4.78 is 15.7. The zero-order valence-electron chi connectivity index (χ0n) is 16.7. The molecule has 3 aromatic carbocycles. The maximum atomic E-state index is 5.25. The van der Waals surface area contributed by atoms with Gasteiger partial charge in [0.25, 0.3) is 0 Å². The van der Waals surface area contributed by atoms with E-state index in [0.717, 1.165) is 39.8 Å². The van der Waals surface area contributed by atoms with Gasteiger partial charge in [0, 0.05) is 5.75 Å². The van der Waals surface area contributed by atoms with Crippen LogP contribution in [0.5, 0.6) is 17.2 Å². The predicted octanol–water partition coefficient (Wildman–Crippen LogP) is 5.82. The first kappa shape index (κ1) is 24.7. The van der Waals surface area contributed by atoms with Crippen LogP contribution in [-0.2, 0) is 17.9 Å². The van der Waals surface area contributed by atoms with Gasteiger partial charge in [-0.05, 0) is 47.7 Å². The molecule has 0 amide bonds. The number of aliphatic imine (C=N–C) groups is 1. The van der Waals surface area contributed by atoms with E-state index in [1.807, 2.05) is 66.7 Å². The summed E-state index contributed by atoms with van der Waals surface area (Å²) in [5.74, 6) is 2.36. The van der Waals surface area contributed by atoms with Crippen LogP contribution in [-0.4, -0.2) is 27.0 Å². The third-order valence-corrected chi connectivity index (χ3v) is 3.95. The van der Waals surface area contributed by atoms with Gasteiger partial charge in [-0.3, -0.25) is 4.99 Å². The Bertz CT molecular complexity index is 830. The average Bonchev–Trinajstić information content (AvgIpc) is 2.79. The Labute approximate surface area is 187 Å². The Hall–Kier alpha value is -2.33.